The van der Waals surface area contributed by atoms with E-state index in [1.807, 2.05) is 0 Å². The Labute approximate surface area is 122 Å². The summed E-state index contributed by atoms with van der Waals surface area (Å²) >= 11 is 3.29. The molecular formula is C13H16BrNO3S. The monoisotopic (exact) mass is 345 g/mol. The van der Waals surface area contributed by atoms with Gasteiger partial charge in [-0.2, -0.15) is 4.31 Å². The Bertz CT molecular complexity index is 560. The van der Waals surface area contributed by atoms with E-state index in [-0.39, 0.29) is 11.7 Å². The molecule has 6 heteroatoms. The highest BCUT2D eigenvalue weighted by Crippen LogP contribution is 2.25. The summed E-state index contributed by atoms with van der Waals surface area (Å²) in [4.78, 5) is 11.6. The van der Waals surface area contributed by atoms with Crippen LogP contribution in [0.3, 0.4) is 0 Å². The first-order valence-corrected chi connectivity index (χ1v) is 8.41. The second-order valence-electron chi connectivity index (χ2n) is 4.74. The number of hydrogen-bond donors (Lipinski definition) is 0. The van der Waals surface area contributed by atoms with Crippen molar-refractivity contribution in [2.24, 2.45) is 5.92 Å². The lowest BCUT2D eigenvalue weighted by atomic mass is 9.95. The summed E-state index contributed by atoms with van der Waals surface area (Å²) in [6, 6.07) is 6.62. The summed E-state index contributed by atoms with van der Waals surface area (Å²) in [6.45, 7) is 2.41. The van der Waals surface area contributed by atoms with Crippen molar-refractivity contribution >= 4 is 31.7 Å². The SMILES string of the molecule is CC(=O)C1CCN(S(=O)(=O)c2ccc(Br)cc2)CC1. The van der Waals surface area contributed by atoms with E-state index in [9.17, 15) is 13.2 Å². The van der Waals surface area contributed by atoms with Crippen LogP contribution in [0.15, 0.2) is 33.6 Å². The summed E-state index contributed by atoms with van der Waals surface area (Å²) in [5.41, 5.74) is 0. The van der Waals surface area contributed by atoms with Crippen molar-refractivity contribution in [3.63, 3.8) is 0 Å². The van der Waals surface area contributed by atoms with Crippen LogP contribution in [-0.2, 0) is 14.8 Å². The third-order valence-corrected chi connectivity index (χ3v) is 5.92. The van der Waals surface area contributed by atoms with Crippen molar-refractivity contribution in [1.29, 1.82) is 0 Å². The van der Waals surface area contributed by atoms with Crippen LogP contribution in [0.1, 0.15) is 19.8 Å². The maximum Gasteiger partial charge on any atom is 0.243 e. The lowest BCUT2D eigenvalue weighted by molar-refractivity contribution is -0.121. The smallest absolute Gasteiger partial charge is 0.243 e. The summed E-state index contributed by atoms with van der Waals surface area (Å²) in [5.74, 6) is 0.164. The molecule has 1 fully saturated rings. The van der Waals surface area contributed by atoms with Crippen LogP contribution in [0.4, 0.5) is 0 Å². The molecule has 0 spiro atoms. The minimum Gasteiger partial charge on any atom is -0.300 e. The average Bonchev–Trinajstić information content (AvgIpc) is 2.39. The molecule has 0 aliphatic carbocycles. The molecule has 0 radical (unpaired) electrons. The number of Topliss-reactive ketones (excluding diaryl/α,β-unsaturated/α-hetero) is 1. The zero-order valence-electron chi connectivity index (χ0n) is 10.7. The normalized spacial score (nSPS) is 18.4. The first-order chi connectivity index (χ1) is 8.91. The minimum atomic E-state index is -3.43. The van der Waals surface area contributed by atoms with E-state index >= 15 is 0 Å². The molecule has 1 aliphatic rings. The Hall–Kier alpha value is -0.720. The molecular weight excluding hydrogens is 330 g/mol. The molecule has 1 aromatic rings. The molecule has 1 aromatic carbocycles. The maximum atomic E-state index is 12.4. The predicted molar refractivity (Wildman–Crippen MR) is 76.3 cm³/mol. The average molecular weight is 346 g/mol. The van der Waals surface area contributed by atoms with Gasteiger partial charge in [0.1, 0.15) is 5.78 Å². The molecule has 1 heterocycles. The number of ketones is 1. The number of piperidine rings is 1. The maximum absolute atomic E-state index is 12.4. The van der Waals surface area contributed by atoms with Gasteiger partial charge in [-0.25, -0.2) is 8.42 Å². The molecule has 1 saturated heterocycles. The van der Waals surface area contributed by atoms with Crippen molar-refractivity contribution in [2.75, 3.05) is 13.1 Å². The number of sulfonamides is 1. The standard InChI is InChI=1S/C13H16BrNO3S/c1-10(16)11-6-8-15(9-7-11)19(17,18)13-4-2-12(14)3-5-13/h2-5,11H,6-9H2,1H3. The zero-order chi connectivity index (χ0) is 14.0. The predicted octanol–water partition coefficient (Wildman–Crippen LogP) is 2.44. The molecule has 0 saturated carbocycles. The number of nitrogens with zero attached hydrogens (tertiary/aromatic N) is 1. The summed E-state index contributed by atoms with van der Waals surface area (Å²) < 4.78 is 27.1. The highest BCUT2D eigenvalue weighted by Gasteiger charge is 2.30. The summed E-state index contributed by atoms with van der Waals surface area (Å²) in [6.07, 6.45) is 1.23. The van der Waals surface area contributed by atoms with Crippen molar-refractivity contribution < 1.29 is 13.2 Å². The van der Waals surface area contributed by atoms with E-state index in [4.69, 9.17) is 0 Å². The van der Waals surface area contributed by atoms with Crippen LogP contribution in [0.25, 0.3) is 0 Å². The van der Waals surface area contributed by atoms with Crippen molar-refractivity contribution in [3.05, 3.63) is 28.7 Å². The Morgan fingerprint density at radius 2 is 1.74 bits per heavy atom. The molecule has 0 aromatic heterocycles. The Balaban J connectivity index is 2.14. The molecule has 0 atom stereocenters. The van der Waals surface area contributed by atoms with Gasteiger partial charge in [0.25, 0.3) is 0 Å². The van der Waals surface area contributed by atoms with Gasteiger partial charge in [-0.3, -0.25) is 4.79 Å². The van der Waals surface area contributed by atoms with E-state index in [1.165, 1.54) is 4.31 Å². The van der Waals surface area contributed by atoms with Crippen LogP contribution in [0.2, 0.25) is 0 Å². The first-order valence-electron chi connectivity index (χ1n) is 6.17. The van der Waals surface area contributed by atoms with Crippen molar-refractivity contribution in [3.8, 4) is 0 Å². The van der Waals surface area contributed by atoms with Crippen LogP contribution in [0, 0.1) is 5.92 Å². The first kappa shape index (κ1) is 14.7. The van der Waals surface area contributed by atoms with Crippen LogP contribution in [-0.4, -0.2) is 31.6 Å². The fourth-order valence-electron chi connectivity index (χ4n) is 2.26. The fraction of sp³-hybridized carbons (Fsp3) is 0.462. The van der Waals surface area contributed by atoms with Gasteiger partial charge in [0.2, 0.25) is 10.0 Å². The lowest BCUT2D eigenvalue weighted by Crippen LogP contribution is -2.39. The number of carbonyl (C=O) groups excluding carboxylic acids is 1. The lowest BCUT2D eigenvalue weighted by Gasteiger charge is -2.30. The molecule has 2 rings (SSSR count). The molecule has 0 bridgehead atoms. The van der Waals surface area contributed by atoms with Gasteiger partial charge in [0.15, 0.2) is 0 Å². The van der Waals surface area contributed by atoms with Gasteiger partial charge < -0.3 is 0 Å². The van der Waals surface area contributed by atoms with Gasteiger partial charge in [-0.1, -0.05) is 15.9 Å². The summed E-state index contributed by atoms with van der Waals surface area (Å²) in [5, 5.41) is 0. The van der Waals surface area contributed by atoms with E-state index < -0.39 is 10.0 Å². The second kappa shape index (κ2) is 5.73. The highest BCUT2D eigenvalue weighted by molar-refractivity contribution is 9.10. The van der Waals surface area contributed by atoms with Crippen LogP contribution < -0.4 is 0 Å². The molecule has 19 heavy (non-hydrogen) atoms. The van der Waals surface area contributed by atoms with Gasteiger partial charge in [0, 0.05) is 23.5 Å². The van der Waals surface area contributed by atoms with E-state index in [1.54, 1.807) is 31.2 Å². The van der Waals surface area contributed by atoms with Crippen molar-refractivity contribution in [2.45, 2.75) is 24.7 Å². The van der Waals surface area contributed by atoms with Crippen LogP contribution in [0.5, 0.6) is 0 Å². The number of rotatable bonds is 3. The van der Waals surface area contributed by atoms with Gasteiger partial charge in [-0.15, -0.1) is 0 Å². The molecule has 1 aliphatic heterocycles. The highest BCUT2D eigenvalue weighted by atomic mass is 79.9. The molecule has 0 unspecified atom stereocenters. The largest absolute Gasteiger partial charge is 0.300 e. The quantitative estimate of drug-likeness (QED) is 0.845. The number of benzene rings is 1. The van der Waals surface area contributed by atoms with E-state index in [0.717, 1.165) is 4.47 Å². The Morgan fingerprint density at radius 3 is 2.21 bits per heavy atom. The fourth-order valence-corrected chi connectivity index (χ4v) is 3.99. The van der Waals surface area contributed by atoms with Crippen molar-refractivity contribution in [1.82, 2.24) is 4.31 Å². The summed E-state index contributed by atoms with van der Waals surface area (Å²) in [7, 11) is -3.43. The van der Waals surface area contributed by atoms with Gasteiger partial charge in [0.05, 0.1) is 4.90 Å². The third kappa shape index (κ3) is 3.24. The van der Waals surface area contributed by atoms with E-state index in [0.29, 0.717) is 30.8 Å². The van der Waals surface area contributed by atoms with Crippen LogP contribution >= 0.6 is 15.9 Å². The zero-order valence-corrected chi connectivity index (χ0v) is 13.1. The Morgan fingerprint density at radius 1 is 1.21 bits per heavy atom. The third-order valence-electron chi connectivity index (χ3n) is 3.48. The molecule has 4 nitrogen and oxygen atoms in total. The van der Waals surface area contributed by atoms with Gasteiger partial charge in [-0.05, 0) is 44.0 Å². The molecule has 104 valence electrons. The minimum absolute atomic E-state index is 0.0105. The van der Waals surface area contributed by atoms with Gasteiger partial charge >= 0.3 is 0 Å². The number of carbonyl (C=O) groups is 1. The number of hydrogen-bond acceptors (Lipinski definition) is 3. The molecule has 0 N–H and O–H groups in total. The second-order valence-corrected chi connectivity index (χ2v) is 7.60. The number of halogens is 1. The van der Waals surface area contributed by atoms with E-state index in [2.05, 4.69) is 15.9 Å². The Kier molecular flexibility index (Phi) is 4.43. The topological polar surface area (TPSA) is 54.5 Å². The molecule has 0 amide bonds.